The number of pyridine rings is 1. The van der Waals surface area contributed by atoms with Crippen LogP contribution >= 0.6 is 24.0 Å². The Kier molecular flexibility index (Phi) is 9.25. The molecular weight excluding hydrogens is 498 g/mol. The van der Waals surface area contributed by atoms with E-state index >= 15 is 0 Å². The number of hydrogen-bond acceptors (Lipinski definition) is 4. The number of aromatic nitrogens is 1. The Bertz CT molecular complexity index is 652. The minimum atomic E-state index is -4.16. The quantitative estimate of drug-likeness (QED) is 0.309. The first-order valence-corrected chi connectivity index (χ1v) is 9.83. The van der Waals surface area contributed by atoms with E-state index in [1.807, 2.05) is 19.1 Å². The van der Waals surface area contributed by atoms with E-state index in [4.69, 9.17) is 4.74 Å². The third-order valence-corrected chi connectivity index (χ3v) is 4.74. The van der Waals surface area contributed by atoms with Gasteiger partial charge in [-0.2, -0.15) is 13.2 Å². The zero-order valence-electron chi connectivity index (χ0n) is 16.5. The van der Waals surface area contributed by atoms with E-state index in [1.54, 1.807) is 6.20 Å². The van der Waals surface area contributed by atoms with E-state index in [0.717, 1.165) is 12.2 Å². The third-order valence-electron chi connectivity index (χ3n) is 4.74. The van der Waals surface area contributed by atoms with Crippen LogP contribution in [0, 0.1) is 5.92 Å². The second-order valence-corrected chi connectivity index (χ2v) is 7.43. The second kappa shape index (κ2) is 11.2. The predicted octanol–water partition coefficient (Wildman–Crippen LogP) is 3.18. The van der Waals surface area contributed by atoms with E-state index in [0.29, 0.717) is 50.4 Å². The van der Waals surface area contributed by atoms with Gasteiger partial charge in [-0.15, -0.1) is 24.0 Å². The summed E-state index contributed by atoms with van der Waals surface area (Å²) in [5.41, 5.74) is 0.945. The van der Waals surface area contributed by atoms with Crippen LogP contribution in [0.1, 0.15) is 31.7 Å². The number of likely N-dealkylation sites (tertiary alicyclic amines) is 1. The second-order valence-electron chi connectivity index (χ2n) is 7.43. The molecule has 1 aliphatic carbocycles. The van der Waals surface area contributed by atoms with Gasteiger partial charge in [0, 0.05) is 37.9 Å². The van der Waals surface area contributed by atoms with Gasteiger partial charge in [0.05, 0.1) is 19.7 Å². The van der Waals surface area contributed by atoms with Crippen LogP contribution in [-0.4, -0.2) is 60.8 Å². The lowest BCUT2D eigenvalue weighted by atomic mass is 10.2. The molecule has 6 nitrogen and oxygen atoms in total. The molecule has 0 bridgehead atoms. The maximum Gasteiger partial charge on any atom is 0.401 e. The molecule has 0 aromatic carbocycles. The van der Waals surface area contributed by atoms with Crippen LogP contribution in [0.25, 0.3) is 0 Å². The molecule has 10 heteroatoms. The van der Waals surface area contributed by atoms with Gasteiger partial charge >= 0.3 is 6.18 Å². The molecule has 2 N–H and O–H groups in total. The van der Waals surface area contributed by atoms with Gasteiger partial charge in [-0.3, -0.25) is 4.90 Å². The Morgan fingerprint density at radius 1 is 1.31 bits per heavy atom. The van der Waals surface area contributed by atoms with E-state index in [1.165, 1.54) is 17.7 Å². The molecule has 0 radical (unpaired) electrons. The first-order chi connectivity index (χ1) is 13.4. The molecule has 1 unspecified atom stereocenters. The summed E-state index contributed by atoms with van der Waals surface area (Å²) in [5.74, 6) is 1.92. The standard InChI is InChI=1S/C19H28F3N5O.HI/c1-2-23-18(26-16-7-8-27(11-16)13-19(20,21)22)25-10-15-5-6-17(24-9-15)28-12-14-3-4-14;/h5-6,9,14,16H,2-4,7-8,10-13H2,1H3,(H2,23,25,26);1H. The lowest BCUT2D eigenvalue weighted by Crippen LogP contribution is -2.45. The van der Waals surface area contributed by atoms with Gasteiger partial charge < -0.3 is 15.4 Å². The summed E-state index contributed by atoms with van der Waals surface area (Å²) in [4.78, 5) is 10.3. The monoisotopic (exact) mass is 527 g/mol. The Hall–Kier alpha value is -1.30. The lowest BCUT2D eigenvalue weighted by Gasteiger charge is -2.19. The largest absolute Gasteiger partial charge is 0.477 e. The molecule has 2 heterocycles. The zero-order valence-corrected chi connectivity index (χ0v) is 18.9. The minimum absolute atomic E-state index is 0. The van der Waals surface area contributed by atoms with Crippen molar-refractivity contribution in [2.75, 3.05) is 32.8 Å². The van der Waals surface area contributed by atoms with E-state index < -0.39 is 12.7 Å². The van der Waals surface area contributed by atoms with Gasteiger partial charge in [0.2, 0.25) is 5.88 Å². The highest BCUT2D eigenvalue weighted by Gasteiger charge is 2.34. The van der Waals surface area contributed by atoms with Gasteiger partial charge in [0.1, 0.15) is 0 Å². The van der Waals surface area contributed by atoms with Crippen LogP contribution in [0.15, 0.2) is 23.3 Å². The van der Waals surface area contributed by atoms with E-state index in [9.17, 15) is 13.2 Å². The van der Waals surface area contributed by atoms with Crippen molar-refractivity contribution in [2.45, 2.75) is 44.9 Å². The highest BCUT2D eigenvalue weighted by Crippen LogP contribution is 2.29. The van der Waals surface area contributed by atoms with Gasteiger partial charge in [-0.05, 0) is 37.7 Å². The number of nitrogens with zero attached hydrogens (tertiary/aromatic N) is 3. The van der Waals surface area contributed by atoms with Crippen molar-refractivity contribution in [1.29, 1.82) is 0 Å². The minimum Gasteiger partial charge on any atom is -0.477 e. The molecule has 2 aliphatic rings. The number of halogens is 4. The Morgan fingerprint density at radius 3 is 2.72 bits per heavy atom. The summed E-state index contributed by atoms with van der Waals surface area (Å²) in [6.07, 6.45) is 0.726. The predicted molar refractivity (Wildman–Crippen MR) is 117 cm³/mol. The Morgan fingerprint density at radius 2 is 2.10 bits per heavy atom. The van der Waals surface area contributed by atoms with Crippen molar-refractivity contribution in [3.63, 3.8) is 0 Å². The van der Waals surface area contributed by atoms with Crippen LogP contribution in [0.3, 0.4) is 0 Å². The number of rotatable bonds is 8. The summed E-state index contributed by atoms with van der Waals surface area (Å²) in [7, 11) is 0. The lowest BCUT2D eigenvalue weighted by molar-refractivity contribution is -0.143. The van der Waals surface area contributed by atoms with Crippen molar-refractivity contribution < 1.29 is 17.9 Å². The van der Waals surface area contributed by atoms with Gasteiger partial charge in [-0.25, -0.2) is 9.98 Å². The van der Waals surface area contributed by atoms with Crippen LogP contribution in [0.4, 0.5) is 13.2 Å². The first-order valence-electron chi connectivity index (χ1n) is 9.83. The van der Waals surface area contributed by atoms with Crippen LogP contribution < -0.4 is 15.4 Å². The Balaban J connectivity index is 0.00000300. The summed E-state index contributed by atoms with van der Waals surface area (Å²) in [6.45, 7) is 3.73. The molecule has 3 rings (SSSR count). The maximum absolute atomic E-state index is 12.5. The Labute approximate surface area is 186 Å². The molecule has 1 saturated carbocycles. The first kappa shape index (κ1) is 24.0. The molecule has 1 aromatic heterocycles. The van der Waals surface area contributed by atoms with Gasteiger partial charge in [-0.1, -0.05) is 6.07 Å². The van der Waals surface area contributed by atoms with Crippen molar-refractivity contribution in [3.05, 3.63) is 23.9 Å². The maximum atomic E-state index is 12.5. The average molecular weight is 527 g/mol. The fourth-order valence-electron chi connectivity index (χ4n) is 3.11. The average Bonchev–Trinajstić information content (AvgIpc) is 3.38. The third kappa shape index (κ3) is 8.93. The summed E-state index contributed by atoms with van der Waals surface area (Å²) >= 11 is 0. The summed E-state index contributed by atoms with van der Waals surface area (Å²) in [5, 5.41) is 6.39. The van der Waals surface area contributed by atoms with Crippen LogP contribution in [-0.2, 0) is 6.54 Å². The fourth-order valence-corrected chi connectivity index (χ4v) is 3.11. The smallest absolute Gasteiger partial charge is 0.401 e. The number of aliphatic imine (C=N–C) groups is 1. The van der Waals surface area contributed by atoms with Crippen molar-refractivity contribution in [3.8, 4) is 5.88 Å². The molecule has 164 valence electrons. The molecule has 1 saturated heterocycles. The van der Waals surface area contributed by atoms with Crippen molar-refractivity contribution in [2.24, 2.45) is 10.9 Å². The molecular formula is C19H29F3IN5O. The van der Waals surface area contributed by atoms with Gasteiger partial charge in [0.15, 0.2) is 5.96 Å². The SMILES string of the molecule is CCNC(=NCc1ccc(OCC2CC2)nc1)NC1CCN(CC(F)(F)F)C1.I. The normalized spacial score (nSPS) is 20.3. The molecule has 0 spiro atoms. The molecule has 29 heavy (non-hydrogen) atoms. The molecule has 2 fully saturated rings. The summed E-state index contributed by atoms with van der Waals surface area (Å²) in [6, 6.07) is 3.74. The van der Waals surface area contributed by atoms with Crippen LogP contribution in [0.5, 0.6) is 5.88 Å². The van der Waals surface area contributed by atoms with Gasteiger partial charge in [0.25, 0.3) is 0 Å². The topological polar surface area (TPSA) is 61.8 Å². The number of hydrogen-bond donors (Lipinski definition) is 2. The van der Waals surface area contributed by atoms with Crippen molar-refractivity contribution >= 4 is 29.9 Å². The number of nitrogens with one attached hydrogen (secondary N) is 2. The molecule has 1 aromatic rings. The molecule has 1 aliphatic heterocycles. The highest BCUT2D eigenvalue weighted by molar-refractivity contribution is 14.0. The number of alkyl halides is 3. The fraction of sp³-hybridized carbons (Fsp3) is 0.684. The van der Waals surface area contributed by atoms with E-state index in [-0.39, 0.29) is 30.0 Å². The van der Waals surface area contributed by atoms with Crippen LogP contribution in [0.2, 0.25) is 0 Å². The van der Waals surface area contributed by atoms with E-state index in [2.05, 4.69) is 20.6 Å². The molecule has 0 amide bonds. The number of guanidine groups is 1. The van der Waals surface area contributed by atoms with Crippen molar-refractivity contribution in [1.82, 2.24) is 20.5 Å². The zero-order chi connectivity index (χ0) is 20.0. The summed E-state index contributed by atoms with van der Waals surface area (Å²) < 4.78 is 43.2. The highest BCUT2D eigenvalue weighted by atomic mass is 127. The molecule has 1 atom stereocenters. The number of ether oxygens (including phenoxy) is 1.